The maximum Gasteiger partial charge on any atom is 0.349 e. The quantitative estimate of drug-likeness (QED) is 0.630. The summed E-state index contributed by atoms with van der Waals surface area (Å²) in [6.07, 6.45) is 2.66. The van der Waals surface area contributed by atoms with E-state index >= 15 is 0 Å². The molecule has 1 N–H and O–H groups in total. The van der Waals surface area contributed by atoms with E-state index in [0.717, 1.165) is 19.4 Å². The predicted molar refractivity (Wildman–Crippen MR) is 88.2 cm³/mol. The van der Waals surface area contributed by atoms with Crippen LogP contribution in [0.25, 0.3) is 0 Å². The van der Waals surface area contributed by atoms with Gasteiger partial charge in [0.25, 0.3) is 0 Å². The number of hydrogen-bond donors (Lipinski definition) is 1. The fourth-order valence-electron chi connectivity index (χ4n) is 2.24. The van der Waals surface area contributed by atoms with Crippen molar-refractivity contribution in [1.29, 1.82) is 0 Å². The summed E-state index contributed by atoms with van der Waals surface area (Å²) in [7, 11) is 0. The van der Waals surface area contributed by atoms with Crippen LogP contribution in [-0.2, 0) is 9.53 Å². The maximum absolute atomic E-state index is 12.5. The standard InChI is InChI=1S/C15H20BrClN2O3/c1-15(2,3)22-14(20)12(11-5-4-6-18-11)21-9-7-10(16)13(17)19-8-9/h7-8,11-12,18H,4-6H2,1-3H3/t11-,12?/m0/s1. The van der Waals surface area contributed by atoms with E-state index in [1.54, 1.807) is 6.07 Å². The van der Waals surface area contributed by atoms with Crippen molar-refractivity contribution in [3.05, 3.63) is 21.9 Å². The van der Waals surface area contributed by atoms with E-state index in [2.05, 4.69) is 26.2 Å². The van der Waals surface area contributed by atoms with Gasteiger partial charge in [0.1, 0.15) is 16.5 Å². The molecule has 1 unspecified atom stereocenters. The average molecular weight is 392 g/mol. The minimum absolute atomic E-state index is 0.0655. The van der Waals surface area contributed by atoms with Gasteiger partial charge in [0, 0.05) is 0 Å². The first-order valence-corrected chi connectivity index (χ1v) is 8.37. The summed E-state index contributed by atoms with van der Waals surface area (Å²) >= 11 is 9.18. The number of halogens is 2. The van der Waals surface area contributed by atoms with Crippen LogP contribution in [0.4, 0.5) is 0 Å². The van der Waals surface area contributed by atoms with Gasteiger partial charge in [-0.05, 0) is 62.2 Å². The van der Waals surface area contributed by atoms with Crippen LogP contribution in [0.3, 0.4) is 0 Å². The van der Waals surface area contributed by atoms with Crippen molar-refractivity contribution in [3.8, 4) is 5.75 Å². The lowest BCUT2D eigenvalue weighted by atomic mass is 10.1. The molecule has 7 heteroatoms. The lowest BCUT2D eigenvalue weighted by molar-refractivity contribution is -0.164. The van der Waals surface area contributed by atoms with Crippen LogP contribution in [0.1, 0.15) is 33.6 Å². The Bertz CT molecular complexity index is 542. The highest BCUT2D eigenvalue weighted by atomic mass is 79.9. The van der Waals surface area contributed by atoms with Gasteiger partial charge >= 0.3 is 5.97 Å². The Morgan fingerprint density at radius 2 is 2.27 bits per heavy atom. The number of nitrogens with one attached hydrogen (secondary N) is 1. The molecule has 5 nitrogen and oxygen atoms in total. The summed E-state index contributed by atoms with van der Waals surface area (Å²) in [5, 5.41) is 3.63. The fourth-order valence-corrected chi connectivity index (χ4v) is 2.67. The second-order valence-corrected chi connectivity index (χ2v) is 7.43. The molecule has 1 aliphatic heterocycles. The van der Waals surface area contributed by atoms with E-state index in [1.165, 1.54) is 6.20 Å². The number of hydrogen-bond acceptors (Lipinski definition) is 5. The van der Waals surface area contributed by atoms with Gasteiger partial charge in [0.15, 0.2) is 0 Å². The average Bonchev–Trinajstić information content (AvgIpc) is 2.91. The van der Waals surface area contributed by atoms with Crippen LogP contribution in [0.2, 0.25) is 5.15 Å². The Kier molecular flexibility index (Phi) is 5.69. The first kappa shape index (κ1) is 17.5. The molecule has 1 saturated heterocycles. The van der Waals surface area contributed by atoms with Gasteiger partial charge in [-0.1, -0.05) is 11.6 Å². The van der Waals surface area contributed by atoms with Gasteiger partial charge in [0.05, 0.1) is 16.7 Å². The zero-order valence-electron chi connectivity index (χ0n) is 12.9. The van der Waals surface area contributed by atoms with Crippen LogP contribution in [0.15, 0.2) is 16.7 Å². The number of rotatable bonds is 4. The number of carbonyl (C=O) groups is 1. The number of carbonyl (C=O) groups excluding carboxylic acids is 1. The summed E-state index contributed by atoms with van der Waals surface area (Å²) in [6, 6.07) is 1.63. The van der Waals surface area contributed by atoms with Crippen LogP contribution >= 0.6 is 27.5 Å². The highest BCUT2D eigenvalue weighted by Gasteiger charge is 2.35. The molecule has 0 spiro atoms. The Hall–Kier alpha value is -0.850. The minimum atomic E-state index is -0.711. The highest BCUT2D eigenvalue weighted by molar-refractivity contribution is 9.10. The van der Waals surface area contributed by atoms with Gasteiger partial charge in [-0.2, -0.15) is 0 Å². The Labute approximate surface area is 143 Å². The van der Waals surface area contributed by atoms with E-state index in [9.17, 15) is 4.79 Å². The van der Waals surface area contributed by atoms with E-state index in [4.69, 9.17) is 21.1 Å². The third kappa shape index (κ3) is 4.83. The minimum Gasteiger partial charge on any atom is -0.475 e. The topological polar surface area (TPSA) is 60.5 Å². The van der Waals surface area contributed by atoms with Crippen molar-refractivity contribution in [1.82, 2.24) is 10.3 Å². The summed E-state index contributed by atoms with van der Waals surface area (Å²) in [4.78, 5) is 16.5. The molecule has 0 amide bonds. The Balaban J connectivity index is 2.16. The lowest BCUT2D eigenvalue weighted by Gasteiger charge is -2.27. The summed E-state index contributed by atoms with van der Waals surface area (Å²) < 4.78 is 11.9. The first-order valence-electron chi connectivity index (χ1n) is 7.20. The molecule has 0 bridgehead atoms. The Morgan fingerprint density at radius 1 is 1.55 bits per heavy atom. The third-order valence-electron chi connectivity index (χ3n) is 3.14. The molecule has 0 saturated carbocycles. The highest BCUT2D eigenvalue weighted by Crippen LogP contribution is 2.26. The zero-order valence-corrected chi connectivity index (χ0v) is 15.2. The molecule has 0 aromatic carbocycles. The van der Waals surface area contributed by atoms with Crippen LogP contribution in [-0.4, -0.2) is 35.2 Å². The number of pyridine rings is 1. The van der Waals surface area contributed by atoms with E-state index < -0.39 is 11.7 Å². The van der Waals surface area contributed by atoms with E-state index in [0.29, 0.717) is 15.4 Å². The smallest absolute Gasteiger partial charge is 0.349 e. The maximum atomic E-state index is 12.5. The molecule has 1 aromatic heterocycles. The summed E-state index contributed by atoms with van der Waals surface area (Å²) in [5.41, 5.74) is -0.559. The molecule has 2 rings (SSSR count). The monoisotopic (exact) mass is 390 g/mol. The predicted octanol–water partition coefficient (Wildman–Crippen LogP) is 3.34. The van der Waals surface area contributed by atoms with E-state index in [-0.39, 0.29) is 12.0 Å². The van der Waals surface area contributed by atoms with Gasteiger partial charge < -0.3 is 14.8 Å². The van der Waals surface area contributed by atoms with Crippen molar-refractivity contribution in [2.75, 3.05) is 6.54 Å². The van der Waals surface area contributed by atoms with Gasteiger partial charge in [-0.25, -0.2) is 9.78 Å². The number of nitrogens with zero attached hydrogens (tertiary/aromatic N) is 1. The molecular formula is C15H20BrClN2O3. The lowest BCUT2D eigenvalue weighted by Crippen LogP contribution is -2.47. The fraction of sp³-hybridized carbons (Fsp3) is 0.600. The van der Waals surface area contributed by atoms with Gasteiger partial charge in [0.2, 0.25) is 6.10 Å². The van der Waals surface area contributed by atoms with Crippen molar-refractivity contribution in [2.45, 2.75) is 51.4 Å². The normalized spacial score (nSPS) is 19.8. The van der Waals surface area contributed by atoms with E-state index in [1.807, 2.05) is 20.8 Å². The molecule has 2 heterocycles. The second-order valence-electron chi connectivity index (χ2n) is 6.22. The van der Waals surface area contributed by atoms with Crippen molar-refractivity contribution in [2.24, 2.45) is 0 Å². The van der Waals surface area contributed by atoms with Crippen LogP contribution in [0, 0.1) is 0 Å². The largest absolute Gasteiger partial charge is 0.475 e. The Morgan fingerprint density at radius 3 is 2.82 bits per heavy atom. The third-order valence-corrected chi connectivity index (χ3v) is 4.27. The summed E-state index contributed by atoms with van der Waals surface area (Å²) in [6.45, 7) is 6.38. The molecule has 1 fully saturated rings. The molecule has 0 aliphatic carbocycles. The molecule has 1 aliphatic rings. The number of aromatic nitrogens is 1. The summed E-state index contributed by atoms with van der Waals surface area (Å²) in [5.74, 6) is 0.0961. The van der Waals surface area contributed by atoms with Crippen LogP contribution < -0.4 is 10.1 Å². The molecule has 22 heavy (non-hydrogen) atoms. The van der Waals surface area contributed by atoms with Crippen molar-refractivity contribution in [3.63, 3.8) is 0 Å². The molecule has 1 aromatic rings. The molecule has 2 atom stereocenters. The second kappa shape index (κ2) is 7.15. The molecule has 0 radical (unpaired) electrons. The van der Waals surface area contributed by atoms with Gasteiger partial charge in [-0.3, -0.25) is 0 Å². The van der Waals surface area contributed by atoms with Crippen LogP contribution in [0.5, 0.6) is 5.75 Å². The number of ether oxygens (including phenoxy) is 2. The first-order chi connectivity index (χ1) is 10.3. The zero-order chi connectivity index (χ0) is 16.3. The van der Waals surface area contributed by atoms with Gasteiger partial charge in [-0.15, -0.1) is 0 Å². The molecule has 122 valence electrons. The van der Waals surface area contributed by atoms with Crippen molar-refractivity contribution >= 4 is 33.5 Å². The SMILES string of the molecule is CC(C)(C)OC(=O)C(Oc1cnc(Cl)c(Br)c1)[C@@H]1CCCN1. The molecular weight excluding hydrogens is 372 g/mol. The van der Waals surface area contributed by atoms with Crippen molar-refractivity contribution < 1.29 is 14.3 Å². The number of esters is 1.